The summed E-state index contributed by atoms with van der Waals surface area (Å²) in [5.74, 6) is -0.496. The third-order valence-corrected chi connectivity index (χ3v) is 5.50. The van der Waals surface area contributed by atoms with Crippen LogP contribution in [0.2, 0.25) is 0 Å². The number of rotatable bonds is 5. The number of aromatic amines is 1. The van der Waals surface area contributed by atoms with Crippen molar-refractivity contribution in [1.29, 1.82) is 0 Å². The van der Waals surface area contributed by atoms with Crippen LogP contribution in [0.4, 0.5) is 11.4 Å². The van der Waals surface area contributed by atoms with E-state index in [0.717, 1.165) is 5.56 Å². The summed E-state index contributed by atoms with van der Waals surface area (Å²) < 4.78 is 5.30. The lowest BCUT2D eigenvalue weighted by atomic mass is 10.0. The highest BCUT2D eigenvalue weighted by Gasteiger charge is 2.18. The zero-order chi connectivity index (χ0) is 24.5. The molecule has 0 fully saturated rings. The maximum Gasteiger partial charge on any atom is 0.296 e. The molecule has 5 aromatic rings. The first kappa shape index (κ1) is 21.7. The van der Waals surface area contributed by atoms with Gasteiger partial charge < -0.3 is 14.8 Å². The number of benzene rings is 3. The lowest BCUT2D eigenvalue weighted by Gasteiger charge is -2.09. The monoisotopic (exact) mass is 467 g/mol. The molecule has 172 valence electrons. The number of nitrogens with one attached hydrogen (secondary N) is 1. The molecular formula is C25H17N5O5. The van der Waals surface area contributed by atoms with E-state index < -0.39 is 10.8 Å². The Morgan fingerprint density at radius 1 is 1.06 bits per heavy atom. The number of ether oxygens (including phenoxy) is 1. The van der Waals surface area contributed by atoms with Gasteiger partial charge in [-0.15, -0.1) is 10.2 Å². The van der Waals surface area contributed by atoms with Crippen LogP contribution in [0.5, 0.6) is 11.6 Å². The fourth-order valence-electron chi connectivity index (χ4n) is 3.78. The Morgan fingerprint density at radius 3 is 2.60 bits per heavy atom. The van der Waals surface area contributed by atoms with Crippen LogP contribution in [0.25, 0.3) is 33.1 Å². The number of carbonyl (C=O) groups is 1. The highest BCUT2D eigenvalue weighted by molar-refractivity contribution is 6.08. The molecule has 10 heteroatoms. The van der Waals surface area contributed by atoms with Crippen LogP contribution >= 0.6 is 0 Å². The second-order valence-electron chi connectivity index (χ2n) is 7.62. The molecule has 0 aliphatic carbocycles. The van der Waals surface area contributed by atoms with Crippen molar-refractivity contribution in [3.8, 4) is 22.9 Å². The first-order valence-corrected chi connectivity index (χ1v) is 10.4. The molecule has 5 rings (SSSR count). The number of pyridine rings is 1. The molecule has 2 N–H and O–H groups in total. The van der Waals surface area contributed by atoms with Crippen molar-refractivity contribution in [3.05, 3.63) is 88.5 Å². The summed E-state index contributed by atoms with van der Waals surface area (Å²) in [6, 6.07) is 20.2. The van der Waals surface area contributed by atoms with E-state index in [-0.39, 0.29) is 28.2 Å². The quantitative estimate of drug-likeness (QED) is 0.186. The van der Waals surface area contributed by atoms with Crippen molar-refractivity contribution in [1.82, 2.24) is 9.97 Å². The average Bonchev–Trinajstić information content (AvgIpc) is 3.20. The van der Waals surface area contributed by atoms with Crippen LogP contribution < -0.4 is 4.74 Å². The van der Waals surface area contributed by atoms with Gasteiger partial charge in [0.05, 0.1) is 34.3 Å². The molecule has 3 aromatic carbocycles. The number of carbonyl (C=O) groups excluding carboxylic acids is 1. The second kappa shape index (κ2) is 8.67. The molecule has 2 heterocycles. The minimum absolute atomic E-state index is 0.0729. The Labute approximate surface area is 197 Å². The van der Waals surface area contributed by atoms with E-state index in [1.807, 2.05) is 30.3 Å². The number of hydrogen-bond donors (Lipinski definition) is 2. The van der Waals surface area contributed by atoms with Gasteiger partial charge in [-0.1, -0.05) is 30.3 Å². The Morgan fingerprint density at radius 2 is 1.86 bits per heavy atom. The number of aromatic nitrogens is 2. The van der Waals surface area contributed by atoms with E-state index in [4.69, 9.17) is 4.74 Å². The number of H-pyrrole nitrogens is 1. The first-order valence-electron chi connectivity index (χ1n) is 10.4. The average molecular weight is 467 g/mol. The SMILES string of the molecule is COc1ccc2nc(-c3ccccc3)cc(C(=O)N=Nc3c(O)[nH]c4ccc([N+](=O)[O-])cc34)c2c1. The summed E-state index contributed by atoms with van der Waals surface area (Å²) in [5.41, 5.74) is 2.36. The Balaban J connectivity index is 1.62. The van der Waals surface area contributed by atoms with Gasteiger partial charge >= 0.3 is 0 Å². The molecule has 1 amide bonds. The van der Waals surface area contributed by atoms with E-state index in [1.54, 1.807) is 24.3 Å². The van der Waals surface area contributed by atoms with Crippen molar-refractivity contribution in [2.75, 3.05) is 7.11 Å². The van der Waals surface area contributed by atoms with Gasteiger partial charge in [0.25, 0.3) is 11.6 Å². The minimum atomic E-state index is -0.679. The van der Waals surface area contributed by atoms with Crippen LogP contribution in [-0.2, 0) is 0 Å². The Kier molecular flexibility index (Phi) is 5.38. The zero-order valence-corrected chi connectivity index (χ0v) is 18.3. The van der Waals surface area contributed by atoms with Crippen molar-refractivity contribution in [2.24, 2.45) is 10.2 Å². The molecule has 0 radical (unpaired) electrons. The normalized spacial score (nSPS) is 11.3. The second-order valence-corrected chi connectivity index (χ2v) is 7.62. The number of azo groups is 1. The molecule has 0 saturated heterocycles. The molecule has 0 atom stereocenters. The van der Waals surface area contributed by atoms with Gasteiger partial charge in [-0.25, -0.2) is 4.98 Å². The summed E-state index contributed by atoms with van der Waals surface area (Å²) in [5, 5.41) is 30.0. The number of fused-ring (bicyclic) bond motifs is 2. The van der Waals surface area contributed by atoms with Crippen LogP contribution in [-0.4, -0.2) is 33.0 Å². The number of hydrogen-bond acceptors (Lipinski definition) is 7. The van der Waals surface area contributed by atoms with Crippen LogP contribution in [0.15, 0.2) is 83.0 Å². The predicted octanol–water partition coefficient (Wildman–Crippen LogP) is 5.93. The summed E-state index contributed by atoms with van der Waals surface area (Å²) in [4.78, 5) is 31.2. The third kappa shape index (κ3) is 4.04. The van der Waals surface area contributed by atoms with Crippen LogP contribution in [0.3, 0.4) is 0 Å². The molecule has 0 bridgehead atoms. The number of aromatic hydroxyl groups is 1. The van der Waals surface area contributed by atoms with E-state index >= 15 is 0 Å². The zero-order valence-electron chi connectivity index (χ0n) is 18.3. The minimum Gasteiger partial charge on any atom is -0.497 e. The smallest absolute Gasteiger partial charge is 0.296 e. The Bertz CT molecular complexity index is 1640. The summed E-state index contributed by atoms with van der Waals surface area (Å²) in [6.07, 6.45) is 0. The molecule has 0 aliphatic heterocycles. The van der Waals surface area contributed by atoms with Gasteiger partial charge in [0.1, 0.15) is 5.75 Å². The molecule has 35 heavy (non-hydrogen) atoms. The Hall–Kier alpha value is -5.12. The van der Waals surface area contributed by atoms with Gasteiger partial charge in [-0.05, 0) is 30.3 Å². The highest BCUT2D eigenvalue weighted by Crippen LogP contribution is 2.37. The number of nitro groups is 1. The predicted molar refractivity (Wildman–Crippen MR) is 129 cm³/mol. The molecular weight excluding hydrogens is 450 g/mol. The van der Waals surface area contributed by atoms with E-state index in [1.165, 1.54) is 25.3 Å². The lowest BCUT2D eigenvalue weighted by Crippen LogP contribution is -1.99. The number of nitrogens with zero attached hydrogens (tertiary/aromatic N) is 4. The van der Waals surface area contributed by atoms with Gasteiger partial charge in [-0.2, -0.15) is 0 Å². The number of methoxy groups -OCH3 is 1. The summed E-state index contributed by atoms with van der Waals surface area (Å²) >= 11 is 0. The fourth-order valence-corrected chi connectivity index (χ4v) is 3.78. The van der Waals surface area contributed by atoms with Gasteiger partial charge in [0.15, 0.2) is 5.69 Å². The summed E-state index contributed by atoms with van der Waals surface area (Å²) in [7, 11) is 1.52. The van der Waals surface area contributed by atoms with Crippen molar-refractivity contribution < 1.29 is 19.6 Å². The maximum atomic E-state index is 13.2. The van der Waals surface area contributed by atoms with Gasteiger partial charge in [-0.3, -0.25) is 14.9 Å². The fraction of sp³-hybridized carbons (Fsp3) is 0.0400. The van der Waals surface area contributed by atoms with E-state index in [2.05, 4.69) is 20.2 Å². The van der Waals surface area contributed by atoms with Gasteiger partial charge in [0.2, 0.25) is 5.88 Å². The number of non-ortho nitro benzene ring substituents is 1. The van der Waals surface area contributed by atoms with Gasteiger partial charge in [0, 0.05) is 28.5 Å². The molecule has 10 nitrogen and oxygen atoms in total. The first-order chi connectivity index (χ1) is 16.9. The molecule has 0 aliphatic rings. The molecule has 0 spiro atoms. The highest BCUT2D eigenvalue weighted by atomic mass is 16.6. The standard InChI is InChI=1S/C25H17N5O5/c1-35-16-8-10-20-17(12-16)18(13-22(26-20)14-5-3-2-4-6-14)24(31)29-28-23-19-11-15(30(33)34)7-9-21(19)27-25(23)32/h2-13,27,32H,1H3. The van der Waals surface area contributed by atoms with Crippen molar-refractivity contribution in [3.63, 3.8) is 0 Å². The maximum absolute atomic E-state index is 13.2. The topological polar surface area (TPSA) is 143 Å². The third-order valence-electron chi connectivity index (χ3n) is 5.50. The van der Waals surface area contributed by atoms with E-state index in [0.29, 0.717) is 27.9 Å². The molecule has 0 unspecified atom stereocenters. The summed E-state index contributed by atoms with van der Waals surface area (Å²) in [6.45, 7) is 0. The number of amides is 1. The van der Waals surface area contributed by atoms with Crippen molar-refractivity contribution >= 4 is 39.1 Å². The largest absolute Gasteiger partial charge is 0.497 e. The molecule has 2 aromatic heterocycles. The van der Waals surface area contributed by atoms with E-state index in [9.17, 15) is 20.0 Å². The van der Waals surface area contributed by atoms with Crippen molar-refractivity contribution in [2.45, 2.75) is 0 Å². The molecule has 0 saturated carbocycles. The number of nitro benzene ring substituents is 1. The van der Waals surface area contributed by atoms with Crippen LogP contribution in [0, 0.1) is 10.1 Å². The van der Waals surface area contributed by atoms with Crippen LogP contribution in [0.1, 0.15) is 10.4 Å². The lowest BCUT2D eigenvalue weighted by molar-refractivity contribution is -0.384.